The second-order valence-corrected chi connectivity index (χ2v) is 4.27. The van der Waals surface area contributed by atoms with Crippen LogP contribution >= 0.6 is 12.6 Å². The van der Waals surface area contributed by atoms with Crippen molar-refractivity contribution in [2.24, 2.45) is 0 Å². The van der Waals surface area contributed by atoms with E-state index in [-0.39, 0.29) is 12.4 Å². The Bertz CT molecular complexity index is 696. The van der Waals surface area contributed by atoms with Gasteiger partial charge in [0, 0.05) is 6.61 Å². The number of nitrogens with zero attached hydrogens (tertiary/aromatic N) is 3. The number of rotatable bonds is 3. The van der Waals surface area contributed by atoms with Crippen molar-refractivity contribution in [3.05, 3.63) is 48.0 Å². The molecular weight excluding hydrogens is 310 g/mol. The highest BCUT2D eigenvalue weighted by molar-refractivity contribution is 7.79. The van der Waals surface area contributed by atoms with E-state index in [4.69, 9.17) is 5.11 Å². The standard InChI is InChI=1S/C14H13N3O2.C2H6.CH4S/c18-8-7-10-5-6-14(19)13(9-10)17-15-11-3-1-2-4-12(11)16-17;2*1-2/h1-6,9,18-19H,7-8H2;1-2H3;2H,1H3. The Morgan fingerprint density at radius 3 is 2.09 bits per heavy atom. The van der Waals surface area contributed by atoms with E-state index in [1.54, 1.807) is 24.5 Å². The third-order valence-electron chi connectivity index (χ3n) is 2.94. The quantitative estimate of drug-likeness (QED) is 0.644. The monoisotopic (exact) mass is 333 g/mol. The lowest BCUT2D eigenvalue weighted by Gasteiger charge is -2.05. The number of thiol groups is 1. The van der Waals surface area contributed by atoms with Gasteiger partial charge in [-0.15, -0.1) is 15.0 Å². The van der Waals surface area contributed by atoms with E-state index in [1.807, 2.05) is 38.1 Å². The molecule has 6 heteroatoms. The van der Waals surface area contributed by atoms with Gasteiger partial charge in [-0.05, 0) is 42.5 Å². The lowest BCUT2D eigenvalue weighted by Crippen LogP contribution is -2.01. The number of aromatic hydroxyl groups is 1. The molecule has 2 aromatic carbocycles. The van der Waals surface area contributed by atoms with Crippen molar-refractivity contribution >= 4 is 23.7 Å². The predicted molar refractivity (Wildman–Crippen MR) is 97.6 cm³/mol. The molecule has 0 amide bonds. The minimum atomic E-state index is 0.0682. The SMILES string of the molecule is CC.CS.OCCc1ccc(O)c(-n2nc3ccccc3n2)c1. The molecule has 1 aromatic heterocycles. The largest absolute Gasteiger partial charge is 0.506 e. The van der Waals surface area contributed by atoms with Crippen LogP contribution in [0.15, 0.2) is 42.5 Å². The van der Waals surface area contributed by atoms with Crippen LogP contribution in [-0.2, 0) is 6.42 Å². The maximum Gasteiger partial charge on any atom is 0.143 e. The molecule has 0 atom stereocenters. The van der Waals surface area contributed by atoms with Gasteiger partial charge in [0.05, 0.1) is 0 Å². The topological polar surface area (TPSA) is 71.2 Å². The van der Waals surface area contributed by atoms with E-state index < -0.39 is 0 Å². The van der Waals surface area contributed by atoms with Crippen molar-refractivity contribution < 1.29 is 10.2 Å². The summed E-state index contributed by atoms with van der Waals surface area (Å²) in [5.74, 6) is 0.113. The van der Waals surface area contributed by atoms with Crippen LogP contribution in [0.2, 0.25) is 0 Å². The number of hydrogen-bond donors (Lipinski definition) is 3. The molecule has 0 radical (unpaired) electrons. The van der Waals surface area contributed by atoms with E-state index in [9.17, 15) is 5.11 Å². The third kappa shape index (κ3) is 4.71. The molecule has 124 valence electrons. The molecule has 0 spiro atoms. The summed E-state index contributed by atoms with van der Waals surface area (Å²) in [4.78, 5) is 1.42. The molecule has 3 rings (SSSR count). The van der Waals surface area contributed by atoms with Crippen LogP contribution in [0.5, 0.6) is 5.75 Å². The third-order valence-corrected chi connectivity index (χ3v) is 2.94. The first-order valence-corrected chi connectivity index (χ1v) is 8.37. The van der Waals surface area contributed by atoms with Gasteiger partial charge in [-0.3, -0.25) is 0 Å². The van der Waals surface area contributed by atoms with Crippen molar-refractivity contribution in [2.45, 2.75) is 20.3 Å². The number of fused-ring (bicyclic) bond motifs is 1. The molecule has 0 bridgehead atoms. The highest BCUT2D eigenvalue weighted by atomic mass is 32.1. The Morgan fingerprint density at radius 2 is 1.57 bits per heavy atom. The van der Waals surface area contributed by atoms with Gasteiger partial charge < -0.3 is 10.2 Å². The van der Waals surface area contributed by atoms with Crippen molar-refractivity contribution in [2.75, 3.05) is 12.9 Å². The normalized spacial score (nSPS) is 9.61. The van der Waals surface area contributed by atoms with Gasteiger partial charge in [-0.2, -0.15) is 12.6 Å². The second-order valence-electron chi connectivity index (χ2n) is 4.27. The molecule has 23 heavy (non-hydrogen) atoms. The summed E-state index contributed by atoms with van der Waals surface area (Å²) in [5.41, 5.74) is 2.99. The minimum Gasteiger partial charge on any atom is -0.506 e. The zero-order valence-electron chi connectivity index (χ0n) is 13.6. The number of hydrogen-bond acceptors (Lipinski definition) is 5. The summed E-state index contributed by atoms with van der Waals surface area (Å²) < 4.78 is 0. The second kappa shape index (κ2) is 9.86. The lowest BCUT2D eigenvalue weighted by molar-refractivity contribution is 0.299. The Labute approximate surface area is 142 Å². The van der Waals surface area contributed by atoms with E-state index in [2.05, 4.69) is 22.8 Å². The number of benzene rings is 2. The van der Waals surface area contributed by atoms with Crippen molar-refractivity contribution in [3.8, 4) is 11.4 Å². The highest BCUT2D eigenvalue weighted by Gasteiger charge is 2.09. The summed E-state index contributed by atoms with van der Waals surface area (Å²) in [7, 11) is 0. The highest BCUT2D eigenvalue weighted by Crippen LogP contribution is 2.23. The smallest absolute Gasteiger partial charge is 0.143 e. The van der Waals surface area contributed by atoms with Gasteiger partial charge in [0.1, 0.15) is 22.5 Å². The van der Waals surface area contributed by atoms with Crippen LogP contribution in [0, 0.1) is 0 Å². The van der Waals surface area contributed by atoms with Gasteiger partial charge in [-0.1, -0.05) is 32.0 Å². The first kappa shape index (κ1) is 19.0. The Balaban J connectivity index is 0.000000615. The van der Waals surface area contributed by atoms with Crippen molar-refractivity contribution in [1.82, 2.24) is 15.0 Å². The number of aromatic nitrogens is 3. The molecule has 0 saturated carbocycles. The number of phenols is 1. The van der Waals surface area contributed by atoms with Crippen molar-refractivity contribution in [3.63, 3.8) is 0 Å². The summed E-state index contributed by atoms with van der Waals surface area (Å²) in [6.07, 6.45) is 2.23. The predicted octanol–water partition coefficient (Wildman–Crippen LogP) is 3.23. The Morgan fingerprint density at radius 1 is 1.00 bits per heavy atom. The molecule has 0 aliphatic rings. The fourth-order valence-electron chi connectivity index (χ4n) is 1.98. The molecule has 0 aliphatic heterocycles. The Hall–Kier alpha value is -2.05. The summed E-state index contributed by atoms with van der Waals surface area (Å²) in [5, 5.41) is 27.5. The van der Waals surface area contributed by atoms with Crippen LogP contribution in [-0.4, -0.2) is 38.1 Å². The molecule has 0 saturated heterocycles. The average Bonchev–Trinajstić information content (AvgIpc) is 3.04. The first-order chi connectivity index (χ1) is 11.3. The van der Waals surface area contributed by atoms with Crippen LogP contribution in [0.4, 0.5) is 0 Å². The maximum atomic E-state index is 9.92. The molecule has 5 nitrogen and oxygen atoms in total. The maximum absolute atomic E-state index is 9.92. The molecule has 1 heterocycles. The fourth-order valence-corrected chi connectivity index (χ4v) is 1.98. The summed E-state index contributed by atoms with van der Waals surface area (Å²) in [6, 6.07) is 12.7. The first-order valence-electron chi connectivity index (χ1n) is 7.48. The van der Waals surface area contributed by atoms with E-state index in [0.29, 0.717) is 12.1 Å². The zero-order valence-corrected chi connectivity index (χ0v) is 14.5. The van der Waals surface area contributed by atoms with E-state index in [1.165, 1.54) is 4.80 Å². The molecule has 3 aromatic rings. The van der Waals surface area contributed by atoms with Crippen LogP contribution in [0.1, 0.15) is 19.4 Å². The van der Waals surface area contributed by atoms with Crippen LogP contribution < -0.4 is 0 Å². The Kier molecular flexibility index (Phi) is 8.15. The van der Waals surface area contributed by atoms with E-state index >= 15 is 0 Å². The van der Waals surface area contributed by atoms with Gasteiger partial charge in [0.2, 0.25) is 0 Å². The number of aliphatic hydroxyl groups is 1. The van der Waals surface area contributed by atoms with E-state index in [0.717, 1.165) is 16.6 Å². The molecular formula is C17H23N3O2S. The zero-order chi connectivity index (χ0) is 17.2. The summed E-state index contributed by atoms with van der Waals surface area (Å²) >= 11 is 3.53. The molecule has 0 unspecified atom stereocenters. The molecule has 2 N–H and O–H groups in total. The number of aliphatic hydroxyl groups excluding tert-OH is 1. The van der Waals surface area contributed by atoms with Crippen LogP contribution in [0.25, 0.3) is 16.7 Å². The summed E-state index contributed by atoms with van der Waals surface area (Å²) in [6.45, 7) is 4.07. The van der Waals surface area contributed by atoms with Gasteiger partial charge in [0.15, 0.2) is 0 Å². The van der Waals surface area contributed by atoms with Gasteiger partial charge in [0.25, 0.3) is 0 Å². The van der Waals surface area contributed by atoms with Gasteiger partial charge in [-0.25, -0.2) is 0 Å². The number of phenolic OH excluding ortho intramolecular Hbond substituents is 1. The molecule has 0 aliphatic carbocycles. The van der Waals surface area contributed by atoms with Crippen LogP contribution in [0.3, 0.4) is 0 Å². The molecule has 0 fully saturated rings. The van der Waals surface area contributed by atoms with Gasteiger partial charge >= 0.3 is 0 Å². The fraction of sp³-hybridized carbons (Fsp3) is 0.294. The van der Waals surface area contributed by atoms with Crippen molar-refractivity contribution in [1.29, 1.82) is 0 Å². The average molecular weight is 333 g/mol. The minimum absolute atomic E-state index is 0.0682. The lowest BCUT2D eigenvalue weighted by atomic mass is 10.1.